The first-order valence-corrected chi connectivity index (χ1v) is 15.9. The number of nitrogens with two attached hydrogens (primary N) is 1. The quantitative estimate of drug-likeness (QED) is 0.111. The number of ether oxygens (including phenoxy) is 1. The Morgan fingerprint density at radius 3 is 2.55 bits per heavy atom. The molecule has 1 saturated heterocycles. The van der Waals surface area contributed by atoms with Crippen molar-refractivity contribution in [2.24, 2.45) is 33.9 Å². The maximum Gasteiger partial charge on any atom is 0.481 e. The van der Waals surface area contributed by atoms with Gasteiger partial charge in [0.1, 0.15) is 11.8 Å². The van der Waals surface area contributed by atoms with E-state index < -0.39 is 13.2 Å². The predicted molar refractivity (Wildman–Crippen MR) is 168 cm³/mol. The van der Waals surface area contributed by atoms with E-state index in [4.69, 9.17) is 19.8 Å². The van der Waals surface area contributed by atoms with Crippen molar-refractivity contribution in [3.8, 4) is 5.75 Å². The Bertz CT molecular complexity index is 1140. The molecule has 12 heteroatoms. The second-order valence-corrected chi connectivity index (χ2v) is 14.0. The molecule has 10 nitrogen and oxygen atoms in total. The number of carbonyl (C=O) groups excluding carboxylic acids is 2. The van der Waals surface area contributed by atoms with Crippen molar-refractivity contribution in [2.45, 2.75) is 90.4 Å². The van der Waals surface area contributed by atoms with Crippen LogP contribution < -0.4 is 26.4 Å². The molecule has 1 aromatic rings. The van der Waals surface area contributed by atoms with Crippen LogP contribution in [0.15, 0.2) is 33.7 Å². The summed E-state index contributed by atoms with van der Waals surface area (Å²) in [7, 11) is 1.06. The van der Waals surface area contributed by atoms with Crippen LogP contribution in [0.2, 0.25) is 0 Å². The number of rotatable bonds is 13. The van der Waals surface area contributed by atoms with Gasteiger partial charge in [0.2, 0.25) is 5.91 Å². The molecule has 2 bridgehead atoms. The fraction of sp³-hybridized carbons (Fsp3) is 0.700. The van der Waals surface area contributed by atoms with Crippen LogP contribution in [0.25, 0.3) is 0 Å². The molecule has 0 unspecified atom stereocenters. The first-order chi connectivity index (χ1) is 19.8. The number of nitrogens with one attached hydrogen (secondary N) is 3. The van der Waals surface area contributed by atoms with Gasteiger partial charge in [-0.1, -0.05) is 43.6 Å². The number of guanidine groups is 1. The standard InChI is InChI=1S/C30H47BBrN5O5/c1-18(2)14-25(31-41-24-16-19-15-23(29(19,3)4)30(24,5)42-31)37-27(39)22(8-7-13-35-28(33)34-6)36-26(38)17-40-21-11-9-20(32)10-12-21/h9-12,18-19,22-25H,7-8,13-17H2,1-6H3,(H,36,38)(H,37,39)(H3,33,34,35)/t19-,22-,23-,24+,25-,30-/m0/s1. The first-order valence-electron chi connectivity index (χ1n) is 15.1. The number of aliphatic imine (C=N–C) groups is 1. The lowest BCUT2D eigenvalue weighted by molar-refractivity contribution is -0.199. The number of nitrogens with zero attached hydrogens (tertiary/aromatic N) is 1. The van der Waals surface area contributed by atoms with Gasteiger partial charge >= 0.3 is 7.12 Å². The van der Waals surface area contributed by atoms with Gasteiger partial charge in [0, 0.05) is 18.1 Å². The molecule has 4 aliphatic rings. The van der Waals surface area contributed by atoms with Gasteiger partial charge < -0.3 is 35.7 Å². The molecule has 1 aromatic carbocycles. The second kappa shape index (κ2) is 13.6. The highest BCUT2D eigenvalue weighted by Crippen LogP contribution is 2.65. The van der Waals surface area contributed by atoms with Crippen molar-refractivity contribution in [1.82, 2.24) is 16.0 Å². The summed E-state index contributed by atoms with van der Waals surface area (Å²) in [5.74, 6) is 1.26. The van der Waals surface area contributed by atoms with E-state index in [1.165, 1.54) is 0 Å². The Balaban J connectivity index is 1.41. The molecule has 4 fully saturated rings. The van der Waals surface area contributed by atoms with E-state index in [0.29, 0.717) is 55.3 Å². The van der Waals surface area contributed by atoms with Gasteiger partial charge in [-0.2, -0.15) is 0 Å². The van der Waals surface area contributed by atoms with E-state index in [-0.39, 0.29) is 41.5 Å². The van der Waals surface area contributed by atoms with E-state index in [1.807, 2.05) is 12.1 Å². The van der Waals surface area contributed by atoms with Gasteiger partial charge in [-0.05, 0) is 86.5 Å². The molecule has 5 N–H and O–H groups in total. The van der Waals surface area contributed by atoms with Crippen LogP contribution in [-0.4, -0.2) is 68.8 Å². The molecule has 1 heterocycles. The Morgan fingerprint density at radius 2 is 1.90 bits per heavy atom. The minimum absolute atomic E-state index is 0.0221. The summed E-state index contributed by atoms with van der Waals surface area (Å²) < 4.78 is 19.8. The summed E-state index contributed by atoms with van der Waals surface area (Å²) in [4.78, 5) is 30.5. The minimum Gasteiger partial charge on any atom is -0.484 e. The Morgan fingerprint density at radius 1 is 1.19 bits per heavy atom. The summed E-state index contributed by atoms with van der Waals surface area (Å²) >= 11 is 3.39. The molecule has 3 aliphatic carbocycles. The summed E-state index contributed by atoms with van der Waals surface area (Å²) in [5.41, 5.74) is 5.61. The minimum atomic E-state index is -0.770. The zero-order chi connectivity index (χ0) is 30.7. The van der Waals surface area contributed by atoms with Crippen molar-refractivity contribution in [1.29, 1.82) is 0 Å². The zero-order valence-electron chi connectivity index (χ0n) is 25.7. The number of halogens is 1. The molecule has 6 atom stereocenters. The molecule has 42 heavy (non-hydrogen) atoms. The predicted octanol–water partition coefficient (Wildman–Crippen LogP) is 3.43. The molecule has 0 aromatic heterocycles. The highest BCUT2D eigenvalue weighted by molar-refractivity contribution is 9.10. The highest BCUT2D eigenvalue weighted by atomic mass is 79.9. The van der Waals surface area contributed by atoms with Gasteiger partial charge in [0.05, 0.1) is 17.6 Å². The molecular formula is C30H47BBrN5O5. The molecule has 0 spiro atoms. The van der Waals surface area contributed by atoms with Crippen LogP contribution >= 0.6 is 15.9 Å². The van der Waals surface area contributed by atoms with Crippen molar-refractivity contribution >= 4 is 40.8 Å². The first kappa shape index (κ1) is 32.6. The third-order valence-corrected chi connectivity index (χ3v) is 9.93. The molecule has 0 radical (unpaired) electrons. The zero-order valence-corrected chi connectivity index (χ0v) is 27.3. The van der Waals surface area contributed by atoms with E-state index in [2.05, 4.69) is 71.5 Å². The number of carbonyl (C=O) groups is 2. The van der Waals surface area contributed by atoms with Gasteiger partial charge in [-0.15, -0.1) is 0 Å². The maximum atomic E-state index is 13.7. The number of benzene rings is 1. The Labute approximate surface area is 258 Å². The third-order valence-electron chi connectivity index (χ3n) is 9.40. The number of amides is 2. The number of hydrogen-bond acceptors (Lipinski definition) is 6. The molecular weight excluding hydrogens is 601 g/mol. The Kier molecular flexibility index (Phi) is 10.5. The van der Waals surface area contributed by atoms with E-state index in [1.54, 1.807) is 19.2 Å². The Hall–Kier alpha value is -2.31. The fourth-order valence-electron chi connectivity index (χ4n) is 6.89. The lowest BCUT2D eigenvalue weighted by Crippen LogP contribution is -2.65. The van der Waals surface area contributed by atoms with Crippen LogP contribution in [0.5, 0.6) is 5.75 Å². The van der Waals surface area contributed by atoms with Crippen molar-refractivity contribution in [3.63, 3.8) is 0 Å². The molecule has 232 valence electrons. The molecule has 5 rings (SSSR count). The van der Waals surface area contributed by atoms with Crippen molar-refractivity contribution < 1.29 is 23.6 Å². The van der Waals surface area contributed by atoms with Crippen LogP contribution in [0.3, 0.4) is 0 Å². The second-order valence-electron chi connectivity index (χ2n) is 13.1. The van der Waals surface area contributed by atoms with E-state index in [0.717, 1.165) is 17.3 Å². The maximum absolute atomic E-state index is 13.7. The van der Waals surface area contributed by atoms with E-state index >= 15 is 0 Å². The van der Waals surface area contributed by atoms with Crippen molar-refractivity contribution in [3.05, 3.63) is 28.7 Å². The SMILES string of the molecule is CN=C(N)NCCC[C@H](NC(=O)COc1ccc(Br)cc1)C(=O)N[C@@H](CC(C)C)B1O[C@@H]2C[C@@H]3C[C@@H](C3(C)C)[C@]2(C)O1. The van der Waals surface area contributed by atoms with Crippen LogP contribution in [0, 0.1) is 23.2 Å². The van der Waals surface area contributed by atoms with Gasteiger partial charge in [-0.25, -0.2) is 0 Å². The largest absolute Gasteiger partial charge is 0.484 e. The summed E-state index contributed by atoms with van der Waals surface area (Å²) in [6, 6.07) is 6.45. The molecule has 2 amide bonds. The van der Waals surface area contributed by atoms with Gasteiger partial charge in [0.15, 0.2) is 12.6 Å². The average Bonchev–Trinajstić information content (AvgIpc) is 3.30. The summed E-state index contributed by atoms with van der Waals surface area (Å²) in [6.45, 7) is 11.4. The van der Waals surface area contributed by atoms with Crippen LogP contribution in [-0.2, 0) is 18.9 Å². The highest BCUT2D eigenvalue weighted by Gasteiger charge is 2.68. The lowest BCUT2D eigenvalue weighted by Gasteiger charge is -2.64. The summed E-state index contributed by atoms with van der Waals surface area (Å²) in [6.07, 6.45) is 3.84. The molecule has 1 aliphatic heterocycles. The van der Waals surface area contributed by atoms with E-state index in [9.17, 15) is 9.59 Å². The third kappa shape index (κ3) is 7.42. The van der Waals surface area contributed by atoms with Crippen LogP contribution in [0.1, 0.15) is 66.7 Å². The molecule has 3 saturated carbocycles. The van der Waals surface area contributed by atoms with Crippen LogP contribution in [0.4, 0.5) is 0 Å². The van der Waals surface area contributed by atoms with Crippen molar-refractivity contribution in [2.75, 3.05) is 20.2 Å². The fourth-order valence-corrected chi connectivity index (χ4v) is 7.15. The van der Waals surface area contributed by atoms with Gasteiger partial charge in [0.25, 0.3) is 5.91 Å². The smallest absolute Gasteiger partial charge is 0.481 e. The lowest BCUT2D eigenvalue weighted by atomic mass is 9.43. The monoisotopic (exact) mass is 647 g/mol. The summed E-state index contributed by atoms with van der Waals surface area (Å²) in [5, 5.41) is 9.07. The topological polar surface area (TPSA) is 136 Å². The average molecular weight is 648 g/mol. The van der Waals surface area contributed by atoms with Gasteiger partial charge in [-0.3, -0.25) is 14.6 Å². The normalized spacial score (nSPS) is 27.5. The number of hydrogen-bond donors (Lipinski definition) is 4.